The SMILES string of the molecule is NCCc1cccc(F)c1OCCOc1cccc(Br)c1. The molecule has 0 spiro atoms. The third-order valence-corrected chi connectivity index (χ3v) is 3.35. The molecule has 0 heterocycles. The average Bonchev–Trinajstić information content (AvgIpc) is 2.46. The molecule has 0 aliphatic heterocycles. The summed E-state index contributed by atoms with van der Waals surface area (Å²) in [5.74, 6) is 0.632. The van der Waals surface area contributed by atoms with Crippen LogP contribution in [0.25, 0.3) is 0 Å². The molecule has 0 amide bonds. The van der Waals surface area contributed by atoms with Crippen molar-refractivity contribution in [3.8, 4) is 11.5 Å². The lowest BCUT2D eigenvalue weighted by Gasteiger charge is -2.12. The number of halogens is 2. The molecular formula is C16H17BrFNO2. The molecule has 0 atom stereocenters. The summed E-state index contributed by atoms with van der Waals surface area (Å²) in [6, 6.07) is 12.4. The standard InChI is InChI=1S/C16H17BrFNO2/c17-13-4-2-5-14(11-13)20-9-10-21-16-12(7-8-19)3-1-6-15(16)18/h1-6,11H,7-10,19H2. The van der Waals surface area contributed by atoms with Crippen LogP contribution in [0.4, 0.5) is 4.39 Å². The quantitative estimate of drug-likeness (QED) is 0.774. The summed E-state index contributed by atoms with van der Waals surface area (Å²) in [6.07, 6.45) is 0.583. The number of rotatable bonds is 7. The van der Waals surface area contributed by atoms with Gasteiger partial charge in [0.05, 0.1) is 0 Å². The monoisotopic (exact) mass is 353 g/mol. The second-order valence-corrected chi connectivity index (χ2v) is 5.34. The highest BCUT2D eigenvalue weighted by Gasteiger charge is 2.09. The highest BCUT2D eigenvalue weighted by atomic mass is 79.9. The Morgan fingerprint density at radius 3 is 2.57 bits per heavy atom. The highest BCUT2D eigenvalue weighted by molar-refractivity contribution is 9.10. The Morgan fingerprint density at radius 2 is 1.81 bits per heavy atom. The van der Waals surface area contributed by atoms with Gasteiger partial charge in [0.1, 0.15) is 19.0 Å². The molecule has 0 fully saturated rings. The predicted octanol–water partition coefficient (Wildman–Crippen LogP) is 3.55. The lowest BCUT2D eigenvalue weighted by molar-refractivity contribution is 0.210. The van der Waals surface area contributed by atoms with E-state index in [1.807, 2.05) is 30.3 Å². The number of ether oxygens (including phenoxy) is 2. The van der Waals surface area contributed by atoms with Crippen LogP contribution >= 0.6 is 15.9 Å². The van der Waals surface area contributed by atoms with Gasteiger partial charge in [-0.1, -0.05) is 34.1 Å². The topological polar surface area (TPSA) is 44.5 Å². The Labute approximate surface area is 132 Å². The van der Waals surface area contributed by atoms with E-state index in [-0.39, 0.29) is 18.2 Å². The first-order valence-electron chi connectivity index (χ1n) is 6.69. The van der Waals surface area contributed by atoms with Crippen molar-refractivity contribution >= 4 is 15.9 Å². The summed E-state index contributed by atoms with van der Waals surface area (Å²) in [7, 11) is 0. The van der Waals surface area contributed by atoms with E-state index in [2.05, 4.69) is 15.9 Å². The molecule has 0 unspecified atom stereocenters. The van der Waals surface area contributed by atoms with Crippen molar-refractivity contribution in [3.05, 3.63) is 58.3 Å². The molecule has 112 valence electrons. The molecule has 5 heteroatoms. The van der Waals surface area contributed by atoms with Crippen molar-refractivity contribution in [1.82, 2.24) is 0 Å². The summed E-state index contributed by atoms with van der Waals surface area (Å²) >= 11 is 3.37. The molecule has 0 bridgehead atoms. The van der Waals surface area contributed by atoms with Crippen LogP contribution in [-0.2, 0) is 6.42 Å². The van der Waals surface area contributed by atoms with Crippen molar-refractivity contribution in [2.45, 2.75) is 6.42 Å². The maximum absolute atomic E-state index is 13.8. The third kappa shape index (κ3) is 4.72. The molecule has 3 nitrogen and oxygen atoms in total. The van der Waals surface area contributed by atoms with Gasteiger partial charge in [0.15, 0.2) is 11.6 Å². The molecule has 0 radical (unpaired) electrons. The van der Waals surface area contributed by atoms with Gasteiger partial charge >= 0.3 is 0 Å². The van der Waals surface area contributed by atoms with Crippen molar-refractivity contribution in [3.63, 3.8) is 0 Å². The molecule has 0 aliphatic rings. The van der Waals surface area contributed by atoms with Gasteiger partial charge in [-0.25, -0.2) is 4.39 Å². The van der Waals surface area contributed by atoms with Crippen LogP contribution in [0.1, 0.15) is 5.56 Å². The van der Waals surface area contributed by atoms with Crippen LogP contribution in [0.5, 0.6) is 11.5 Å². The van der Waals surface area contributed by atoms with Gasteiger partial charge in [-0.3, -0.25) is 0 Å². The van der Waals surface area contributed by atoms with E-state index in [0.717, 1.165) is 15.8 Å². The minimum absolute atomic E-state index is 0.265. The zero-order valence-corrected chi connectivity index (χ0v) is 13.1. The summed E-state index contributed by atoms with van der Waals surface area (Å²) in [5.41, 5.74) is 6.30. The molecule has 0 aliphatic carbocycles. The number of para-hydroxylation sites is 1. The highest BCUT2D eigenvalue weighted by Crippen LogP contribution is 2.23. The number of hydrogen-bond donors (Lipinski definition) is 1. The molecule has 21 heavy (non-hydrogen) atoms. The normalized spacial score (nSPS) is 10.4. The number of nitrogens with two attached hydrogens (primary N) is 1. The van der Waals surface area contributed by atoms with E-state index in [0.29, 0.717) is 19.6 Å². The number of hydrogen-bond acceptors (Lipinski definition) is 3. The molecule has 2 N–H and O–H groups in total. The maximum atomic E-state index is 13.8. The Bertz CT molecular complexity index is 592. The van der Waals surface area contributed by atoms with Gasteiger partial charge in [-0.15, -0.1) is 0 Å². The zero-order chi connectivity index (χ0) is 15.1. The Morgan fingerprint density at radius 1 is 1.05 bits per heavy atom. The largest absolute Gasteiger partial charge is 0.490 e. The Balaban J connectivity index is 1.89. The van der Waals surface area contributed by atoms with Crippen LogP contribution in [-0.4, -0.2) is 19.8 Å². The first-order chi connectivity index (χ1) is 10.2. The molecular weight excluding hydrogens is 337 g/mol. The lowest BCUT2D eigenvalue weighted by atomic mass is 10.1. The summed E-state index contributed by atoms with van der Waals surface area (Å²) < 4.78 is 25.8. The van der Waals surface area contributed by atoms with E-state index < -0.39 is 0 Å². The Hall–Kier alpha value is -1.59. The summed E-state index contributed by atoms with van der Waals surface area (Å²) in [4.78, 5) is 0. The molecule has 2 aromatic rings. The fraction of sp³-hybridized carbons (Fsp3) is 0.250. The maximum Gasteiger partial charge on any atom is 0.165 e. The second kappa shape index (κ2) is 8.00. The molecule has 0 saturated heterocycles. The van der Waals surface area contributed by atoms with E-state index in [4.69, 9.17) is 15.2 Å². The minimum Gasteiger partial charge on any atom is -0.490 e. The Kier molecular flexibility index (Phi) is 6.02. The van der Waals surface area contributed by atoms with Gasteiger partial charge in [0.25, 0.3) is 0 Å². The first kappa shape index (κ1) is 15.8. The van der Waals surface area contributed by atoms with Crippen LogP contribution in [0.15, 0.2) is 46.9 Å². The van der Waals surface area contributed by atoms with Crippen LogP contribution < -0.4 is 15.2 Å². The summed E-state index contributed by atoms with van der Waals surface area (Å²) in [5, 5.41) is 0. The average molecular weight is 354 g/mol. The van der Waals surface area contributed by atoms with Crippen molar-refractivity contribution in [2.75, 3.05) is 19.8 Å². The van der Waals surface area contributed by atoms with Gasteiger partial charge in [0, 0.05) is 4.47 Å². The molecule has 0 saturated carbocycles. The van der Waals surface area contributed by atoms with Crippen molar-refractivity contribution in [1.29, 1.82) is 0 Å². The van der Waals surface area contributed by atoms with Crippen molar-refractivity contribution < 1.29 is 13.9 Å². The zero-order valence-electron chi connectivity index (χ0n) is 11.5. The fourth-order valence-electron chi connectivity index (χ4n) is 1.93. The molecule has 2 aromatic carbocycles. The van der Waals surface area contributed by atoms with Gasteiger partial charge in [-0.2, -0.15) is 0 Å². The second-order valence-electron chi connectivity index (χ2n) is 4.42. The minimum atomic E-state index is -0.372. The lowest BCUT2D eigenvalue weighted by Crippen LogP contribution is -2.12. The van der Waals surface area contributed by atoms with E-state index in [1.165, 1.54) is 6.07 Å². The predicted molar refractivity (Wildman–Crippen MR) is 84.3 cm³/mol. The molecule has 2 rings (SSSR count). The smallest absolute Gasteiger partial charge is 0.165 e. The van der Waals surface area contributed by atoms with Crippen LogP contribution in [0.3, 0.4) is 0 Å². The van der Waals surface area contributed by atoms with E-state index >= 15 is 0 Å². The van der Waals surface area contributed by atoms with Crippen LogP contribution in [0.2, 0.25) is 0 Å². The number of benzene rings is 2. The third-order valence-electron chi connectivity index (χ3n) is 2.86. The molecule has 0 aromatic heterocycles. The van der Waals surface area contributed by atoms with Gasteiger partial charge in [-0.05, 0) is 42.8 Å². The fourth-order valence-corrected chi connectivity index (χ4v) is 2.31. The van der Waals surface area contributed by atoms with Crippen molar-refractivity contribution in [2.24, 2.45) is 5.73 Å². The van der Waals surface area contributed by atoms with E-state index in [1.54, 1.807) is 6.07 Å². The van der Waals surface area contributed by atoms with Crippen LogP contribution in [0, 0.1) is 5.82 Å². The summed E-state index contributed by atoms with van der Waals surface area (Å²) in [6.45, 7) is 1.06. The van der Waals surface area contributed by atoms with Gasteiger partial charge in [0.2, 0.25) is 0 Å². The van der Waals surface area contributed by atoms with E-state index in [9.17, 15) is 4.39 Å². The first-order valence-corrected chi connectivity index (χ1v) is 7.48. The van der Waals surface area contributed by atoms with Gasteiger partial charge < -0.3 is 15.2 Å².